The Kier molecular flexibility index (Phi) is 3.35. The van der Waals surface area contributed by atoms with Gasteiger partial charge in [-0.3, -0.25) is 0 Å². The zero-order valence-corrected chi connectivity index (χ0v) is 9.56. The van der Waals surface area contributed by atoms with Crippen LogP contribution in [0.15, 0.2) is 12.4 Å². The first-order chi connectivity index (χ1) is 7.81. The Balaban J connectivity index is 2.20. The van der Waals surface area contributed by atoms with Crippen molar-refractivity contribution >= 4 is 5.82 Å². The highest BCUT2D eigenvalue weighted by Crippen LogP contribution is 2.22. The van der Waals surface area contributed by atoms with E-state index >= 15 is 0 Å². The maximum Gasteiger partial charge on any atom is 0.183 e. The molecule has 0 radical (unpaired) electrons. The number of hydrogen-bond donors (Lipinski definition) is 0. The Morgan fingerprint density at radius 3 is 2.94 bits per heavy atom. The Bertz CT molecular complexity index is 396. The van der Waals surface area contributed by atoms with E-state index in [2.05, 4.69) is 27.9 Å². The summed E-state index contributed by atoms with van der Waals surface area (Å²) in [6.45, 7) is 4.25. The largest absolute Gasteiger partial charge is 0.354 e. The molecule has 4 nitrogen and oxygen atoms in total. The molecule has 0 amide bonds. The van der Waals surface area contributed by atoms with Crippen molar-refractivity contribution in [3.8, 4) is 6.07 Å². The van der Waals surface area contributed by atoms with Crippen LogP contribution < -0.4 is 4.90 Å². The van der Waals surface area contributed by atoms with Crippen molar-refractivity contribution in [3.05, 3.63) is 18.1 Å². The molecule has 1 unspecified atom stereocenters. The van der Waals surface area contributed by atoms with Crippen molar-refractivity contribution in [2.75, 3.05) is 18.0 Å². The summed E-state index contributed by atoms with van der Waals surface area (Å²) in [6, 6.07) is 2.11. The van der Waals surface area contributed by atoms with Gasteiger partial charge in [-0.1, -0.05) is 6.92 Å². The third-order valence-electron chi connectivity index (χ3n) is 3.10. The minimum atomic E-state index is 0.442. The standard InChI is InChI=1S/C12H16N4/c1-10-3-2-7-16(8-4-10)12-11(9-13)14-5-6-15-12/h5-6,10H,2-4,7-8H2,1H3. The van der Waals surface area contributed by atoms with Crippen molar-refractivity contribution in [1.82, 2.24) is 9.97 Å². The second-order valence-electron chi connectivity index (χ2n) is 4.36. The number of nitrogens with zero attached hydrogens (tertiary/aromatic N) is 4. The second-order valence-corrected chi connectivity index (χ2v) is 4.36. The van der Waals surface area contributed by atoms with Gasteiger partial charge in [0.2, 0.25) is 0 Å². The molecule has 0 N–H and O–H groups in total. The van der Waals surface area contributed by atoms with Gasteiger partial charge in [-0.15, -0.1) is 0 Å². The zero-order valence-electron chi connectivity index (χ0n) is 9.56. The van der Waals surface area contributed by atoms with Gasteiger partial charge in [0, 0.05) is 25.5 Å². The molecule has 2 rings (SSSR count). The maximum absolute atomic E-state index is 8.99. The molecule has 84 valence electrons. The van der Waals surface area contributed by atoms with Gasteiger partial charge in [0.05, 0.1) is 0 Å². The summed E-state index contributed by atoms with van der Waals surface area (Å²) >= 11 is 0. The molecular weight excluding hydrogens is 200 g/mol. The summed E-state index contributed by atoms with van der Waals surface area (Å²) in [5.41, 5.74) is 0.442. The number of aromatic nitrogens is 2. The van der Waals surface area contributed by atoms with Crippen LogP contribution >= 0.6 is 0 Å². The van der Waals surface area contributed by atoms with Crippen LogP contribution in [0.2, 0.25) is 0 Å². The molecule has 1 saturated heterocycles. The van der Waals surface area contributed by atoms with E-state index in [-0.39, 0.29) is 0 Å². The molecule has 1 aromatic heterocycles. The third kappa shape index (κ3) is 2.30. The fourth-order valence-corrected chi connectivity index (χ4v) is 2.12. The molecule has 0 aliphatic carbocycles. The molecule has 0 bridgehead atoms. The molecular formula is C12H16N4. The van der Waals surface area contributed by atoms with Crippen molar-refractivity contribution in [2.24, 2.45) is 5.92 Å². The third-order valence-corrected chi connectivity index (χ3v) is 3.10. The first kappa shape index (κ1) is 10.9. The van der Waals surface area contributed by atoms with Crippen molar-refractivity contribution in [3.63, 3.8) is 0 Å². The van der Waals surface area contributed by atoms with Crippen LogP contribution in [-0.4, -0.2) is 23.1 Å². The lowest BCUT2D eigenvalue weighted by molar-refractivity contribution is 0.521. The maximum atomic E-state index is 8.99. The lowest BCUT2D eigenvalue weighted by Crippen LogP contribution is -2.26. The number of hydrogen-bond acceptors (Lipinski definition) is 4. The van der Waals surface area contributed by atoms with Crippen molar-refractivity contribution < 1.29 is 0 Å². The molecule has 2 heterocycles. The van der Waals surface area contributed by atoms with E-state index in [0.717, 1.165) is 24.8 Å². The summed E-state index contributed by atoms with van der Waals surface area (Å²) in [6.07, 6.45) is 6.83. The van der Waals surface area contributed by atoms with Crippen LogP contribution in [-0.2, 0) is 0 Å². The monoisotopic (exact) mass is 216 g/mol. The van der Waals surface area contributed by atoms with E-state index in [1.807, 2.05) is 0 Å². The molecule has 0 aromatic carbocycles. The fourth-order valence-electron chi connectivity index (χ4n) is 2.12. The number of rotatable bonds is 1. The van der Waals surface area contributed by atoms with Gasteiger partial charge in [0.15, 0.2) is 11.5 Å². The second kappa shape index (κ2) is 4.93. The topological polar surface area (TPSA) is 52.8 Å². The summed E-state index contributed by atoms with van der Waals surface area (Å²) in [5, 5.41) is 8.99. The average molecular weight is 216 g/mol. The van der Waals surface area contributed by atoms with Gasteiger partial charge in [-0.25, -0.2) is 9.97 Å². The van der Waals surface area contributed by atoms with Crippen molar-refractivity contribution in [1.29, 1.82) is 5.26 Å². The Hall–Kier alpha value is -1.63. The molecule has 0 saturated carbocycles. The smallest absolute Gasteiger partial charge is 0.183 e. The first-order valence-corrected chi connectivity index (χ1v) is 5.77. The summed E-state index contributed by atoms with van der Waals surface area (Å²) in [5.74, 6) is 1.52. The van der Waals surface area contributed by atoms with Gasteiger partial charge in [0.25, 0.3) is 0 Å². The normalized spacial score (nSPS) is 21.2. The Morgan fingerprint density at radius 1 is 1.31 bits per heavy atom. The van der Waals surface area contributed by atoms with Crippen molar-refractivity contribution in [2.45, 2.75) is 26.2 Å². The Morgan fingerprint density at radius 2 is 2.12 bits per heavy atom. The summed E-state index contributed by atoms with van der Waals surface area (Å²) in [7, 11) is 0. The molecule has 0 spiro atoms. The molecule has 16 heavy (non-hydrogen) atoms. The van der Waals surface area contributed by atoms with Crippen LogP contribution in [0.1, 0.15) is 31.9 Å². The van der Waals surface area contributed by atoms with Gasteiger partial charge >= 0.3 is 0 Å². The van der Waals surface area contributed by atoms with Gasteiger partial charge in [-0.2, -0.15) is 5.26 Å². The van der Waals surface area contributed by atoms with Crippen LogP contribution in [0, 0.1) is 17.2 Å². The van der Waals surface area contributed by atoms with Crippen LogP contribution in [0.4, 0.5) is 5.82 Å². The lowest BCUT2D eigenvalue weighted by atomic mass is 10.0. The highest BCUT2D eigenvalue weighted by molar-refractivity contribution is 5.49. The lowest BCUT2D eigenvalue weighted by Gasteiger charge is -2.21. The van der Waals surface area contributed by atoms with Gasteiger partial charge in [0.1, 0.15) is 6.07 Å². The van der Waals surface area contributed by atoms with Crippen LogP contribution in [0.3, 0.4) is 0 Å². The van der Waals surface area contributed by atoms with E-state index in [9.17, 15) is 0 Å². The van der Waals surface area contributed by atoms with E-state index < -0.39 is 0 Å². The molecule has 1 atom stereocenters. The highest BCUT2D eigenvalue weighted by atomic mass is 15.2. The molecule has 1 fully saturated rings. The summed E-state index contributed by atoms with van der Waals surface area (Å²) < 4.78 is 0. The predicted octanol–water partition coefficient (Wildman–Crippen LogP) is 1.97. The quantitative estimate of drug-likeness (QED) is 0.720. The van der Waals surface area contributed by atoms with E-state index in [4.69, 9.17) is 5.26 Å². The zero-order chi connectivity index (χ0) is 11.4. The number of nitriles is 1. The molecule has 1 aliphatic rings. The molecule has 4 heteroatoms. The predicted molar refractivity (Wildman–Crippen MR) is 62.0 cm³/mol. The van der Waals surface area contributed by atoms with Gasteiger partial charge < -0.3 is 4.90 Å². The minimum absolute atomic E-state index is 0.442. The SMILES string of the molecule is CC1CCCN(c2nccnc2C#N)CC1. The van der Waals surface area contributed by atoms with E-state index in [0.29, 0.717) is 5.69 Å². The van der Waals surface area contributed by atoms with Crippen LogP contribution in [0.25, 0.3) is 0 Å². The first-order valence-electron chi connectivity index (χ1n) is 5.77. The van der Waals surface area contributed by atoms with Gasteiger partial charge in [-0.05, 0) is 25.2 Å². The Labute approximate surface area is 95.9 Å². The highest BCUT2D eigenvalue weighted by Gasteiger charge is 2.17. The molecule has 1 aromatic rings. The van der Waals surface area contributed by atoms with Crippen LogP contribution in [0.5, 0.6) is 0 Å². The minimum Gasteiger partial charge on any atom is -0.354 e. The average Bonchev–Trinajstić information content (AvgIpc) is 2.54. The fraction of sp³-hybridized carbons (Fsp3) is 0.583. The molecule has 1 aliphatic heterocycles. The summed E-state index contributed by atoms with van der Waals surface area (Å²) in [4.78, 5) is 10.5. The van der Waals surface area contributed by atoms with E-state index in [1.54, 1.807) is 12.4 Å². The number of anilines is 1. The van der Waals surface area contributed by atoms with E-state index in [1.165, 1.54) is 19.3 Å².